The maximum atomic E-state index is 13.6. The molecule has 3 rings (SSSR count). The first-order valence-electron chi connectivity index (χ1n) is 9.11. The molecule has 1 atom stereocenters. The van der Waals surface area contributed by atoms with Gasteiger partial charge in [0, 0.05) is 31.7 Å². The van der Waals surface area contributed by atoms with Crippen molar-refractivity contribution in [2.24, 2.45) is 11.3 Å². The third-order valence-electron chi connectivity index (χ3n) is 5.79. The van der Waals surface area contributed by atoms with Crippen LogP contribution in [0.3, 0.4) is 0 Å². The SMILES string of the molecule is COc1cccc(C)c1NC(=O)N1CCC(C(F)(F)F)C2(CCOCC2)C1. The van der Waals surface area contributed by atoms with Gasteiger partial charge in [-0.3, -0.25) is 0 Å². The van der Waals surface area contributed by atoms with E-state index in [0.717, 1.165) is 5.56 Å². The Bertz CT molecular complexity index is 687. The number of amides is 2. The standard InChI is InChI=1S/C19H25F3N2O3/c1-13-4-3-5-14(26-2)16(13)23-17(25)24-9-6-15(19(20,21)22)18(12-24)7-10-27-11-8-18/h3-5,15H,6-12H2,1-2H3,(H,23,25). The lowest BCUT2D eigenvalue weighted by molar-refractivity contribution is -0.232. The number of halogens is 3. The average molecular weight is 386 g/mol. The first-order valence-corrected chi connectivity index (χ1v) is 9.11. The third kappa shape index (κ3) is 4.00. The number of alkyl halides is 3. The Labute approximate surface area is 156 Å². The van der Waals surface area contributed by atoms with E-state index in [4.69, 9.17) is 9.47 Å². The highest BCUT2D eigenvalue weighted by atomic mass is 19.4. The number of ether oxygens (including phenoxy) is 2. The number of hydrogen-bond donors (Lipinski definition) is 1. The first-order chi connectivity index (χ1) is 12.8. The zero-order valence-corrected chi connectivity index (χ0v) is 15.6. The highest BCUT2D eigenvalue weighted by molar-refractivity contribution is 5.92. The first kappa shape index (κ1) is 19.8. The van der Waals surface area contributed by atoms with Crippen LogP contribution in [0.5, 0.6) is 5.75 Å². The van der Waals surface area contributed by atoms with Crippen molar-refractivity contribution in [1.82, 2.24) is 4.90 Å². The van der Waals surface area contributed by atoms with Gasteiger partial charge in [0.25, 0.3) is 0 Å². The Morgan fingerprint density at radius 3 is 2.67 bits per heavy atom. The summed E-state index contributed by atoms with van der Waals surface area (Å²) in [6.07, 6.45) is -3.72. The number of aryl methyl sites for hydroxylation is 1. The van der Waals surface area contributed by atoms with Gasteiger partial charge >= 0.3 is 12.2 Å². The monoisotopic (exact) mass is 386 g/mol. The lowest BCUT2D eigenvalue weighted by atomic mass is 9.66. The molecule has 2 aliphatic rings. The summed E-state index contributed by atoms with van der Waals surface area (Å²) >= 11 is 0. The second kappa shape index (κ2) is 7.58. The van der Waals surface area contributed by atoms with Gasteiger partial charge in [-0.05, 0) is 37.8 Å². The van der Waals surface area contributed by atoms with Crippen molar-refractivity contribution in [3.63, 3.8) is 0 Å². The number of likely N-dealkylation sites (tertiary alicyclic amines) is 1. The summed E-state index contributed by atoms with van der Waals surface area (Å²) in [7, 11) is 1.51. The zero-order valence-electron chi connectivity index (χ0n) is 15.6. The highest BCUT2D eigenvalue weighted by Gasteiger charge is 2.56. The molecule has 0 radical (unpaired) electrons. The summed E-state index contributed by atoms with van der Waals surface area (Å²) in [5.74, 6) is -0.875. The van der Waals surface area contributed by atoms with Gasteiger partial charge in [0.2, 0.25) is 0 Å². The van der Waals surface area contributed by atoms with Crippen LogP contribution in [-0.4, -0.2) is 50.5 Å². The molecule has 2 fully saturated rings. The Morgan fingerprint density at radius 2 is 2.04 bits per heavy atom. The van der Waals surface area contributed by atoms with Gasteiger partial charge in [-0.2, -0.15) is 13.2 Å². The van der Waals surface area contributed by atoms with Gasteiger partial charge in [0.05, 0.1) is 18.7 Å². The minimum Gasteiger partial charge on any atom is -0.495 e. The molecule has 0 aliphatic carbocycles. The van der Waals surface area contributed by atoms with Crippen LogP contribution in [-0.2, 0) is 4.74 Å². The van der Waals surface area contributed by atoms with Gasteiger partial charge in [-0.15, -0.1) is 0 Å². The molecule has 150 valence electrons. The summed E-state index contributed by atoms with van der Waals surface area (Å²) in [5, 5.41) is 2.82. The van der Waals surface area contributed by atoms with Crippen molar-refractivity contribution in [1.29, 1.82) is 0 Å². The van der Waals surface area contributed by atoms with Gasteiger partial charge < -0.3 is 19.7 Å². The number of carbonyl (C=O) groups excluding carboxylic acids is 1. The molecule has 1 aromatic rings. The smallest absolute Gasteiger partial charge is 0.392 e. The Hall–Kier alpha value is -1.96. The Balaban J connectivity index is 1.79. The van der Waals surface area contributed by atoms with E-state index in [9.17, 15) is 18.0 Å². The van der Waals surface area contributed by atoms with E-state index in [1.54, 1.807) is 6.07 Å². The predicted molar refractivity (Wildman–Crippen MR) is 95.0 cm³/mol. The molecule has 2 heterocycles. The van der Waals surface area contributed by atoms with Crippen molar-refractivity contribution >= 4 is 11.7 Å². The molecule has 27 heavy (non-hydrogen) atoms. The number of methoxy groups -OCH3 is 1. The van der Waals surface area contributed by atoms with Crippen molar-refractivity contribution in [2.75, 3.05) is 38.7 Å². The molecule has 1 unspecified atom stereocenters. The molecule has 1 spiro atoms. The maximum Gasteiger partial charge on any atom is 0.392 e. The number of para-hydroxylation sites is 1. The third-order valence-corrected chi connectivity index (χ3v) is 5.79. The number of anilines is 1. The van der Waals surface area contributed by atoms with Gasteiger partial charge in [-0.1, -0.05) is 12.1 Å². The number of nitrogens with one attached hydrogen (secondary N) is 1. The molecule has 1 aromatic carbocycles. The quantitative estimate of drug-likeness (QED) is 0.828. The molecule has 0 bridgehead atoms. The molecular formula is C19H25F3N2O3. The van der Waals surface area contributed by atoms with Crippen LogP contribution in [0.25, 0.3) is 0 Å². The lowest BCUT2D eigenvalue weighted by Gasteiger charge is -2.50. The maximum absolute atomic E-state index is 13.6. The van der Waals surface area contributed by atoms with Gasteiger partial charge in [-0.25, -0.2) is 4.79 Å². The largest absolute Gasteiger partial charge is 0.495 e. The lowest BCUT2D eigenvalue weighted by Crippen LogP contribution is -2.57. The highest BCUT2D eigenvalue weighted by Crippen LogP contribution is 2.51. The number of benzene rings is 1. The van der Waals surface area contributed by atoms with Crippen LogP contribution >= 0.6 is 0 Å². The summed E-state index contributed by atoms with van der Waals surface area (Å²) in [6, 6.07) is 5.00. The second-order valence-corrected chi connectivity index (χ2v) is 7.36. The van der Waals surface area contributed by atoms with Crippen molar-refractivity contribution < 1.29 is 27.4 Å². The number of piperidine rings is 1. The minimum atomic E-state index is -4.26. The fourth-order valence-corrected chi connectivity index (χ4v) is 4.29. The molecule has 2 saturated heterocycles. The van der Waals surface area contributed by atoms with E-state index in [1.807, 2.05) is 19.1 Å². The average Bonchev–Trinajstić information content (AvgIpc) is 2.62. The molecule has 0 aromatic heterocycles. The fraction of sp³-hybridized carbons (Fsp3) is 0.632. The number of nitrogens with zero attached hydrogens (tertiary/aromatic N) is 1. The van der Waals surface area contributed by atoms with Crippen LogP contribution in [0, 0.1) is 18.3 Å². The summed E-state index contributed by atoms with van der Waals surface area (Å²) in [6.45, 7) is 2.60. The molecule has 5 nitrogen and oxygen atoms in total. The van der Waals surface area contributed by atoms with E-state index >= 15 is 0 Å². The predicted octanol–water partition coefficient (Wildman–Crippen LogP) is 4.22. The Kier molecular flexibility index (Phi) is 5.55. The number of rotatable bonds is 2. The van der Waals surface area contributed by atoms with Crippen LogP contribution in [0.4, 0.5) is 23.7 Å². The number of carbonyl (C=O) groups is 1. The molecule has 0 saturated carbocycles. The van der Waals surface area contributed by atoms with Crippen LogP contribution < -0.4 is 10.1 Å². The van der Waals surface area contributed by atoms with Crippen molar-refractivity contribution in [3.8, 4) is 5.75 Å². The molecule has 2 amide bonds. The van der Waals surface area contributed by atoms with Gasteiger partial charge in [0.1, 0.15) is 5.75 Å². The van der Waals surface area contributed by atoms with Crippen molar-refractivity contribution in [3.05, 3.63) is 23.8 Å². The zero-order chi connectivity index (χ0) is 19.7. The summed E-state index contributed by atoms with van der Waals surface area (Å²) in [4.78, 5) is 14.3. The van der Waals surface area contributed by atoms with E-state index in [0.29, 0.717) is 37.5 Å². The molecule has 2 aliphatic heterocycles. The molecular weight excluding hydrogens is 361 g/mol. The summed E-state index contributed by atoms with van der Waals surface area (Å²) < 4.78 is 51.4. The van der Waals surface area contributed by atoms with E-state index in [1.165, 1.54) is 12.0 Å². The fourth-order valence-electron chi connectivity index (χ4n) is 4.29. The topological polar surface area (TPSA) is 50.8 Å². The van der Waals surface area contributed by atoms with Crippen molar-refractivity contribution in [2.45, 2.75) is 32.4 Å². The van der Waals surface area contributed by atoms with Gasteiger partial charge in [0.15, 0.2) is 0 Å². The second-order valence-electron chi connectivity index (χ2n) is 7.36. The van der Waals surface area contributed by atoms with Crippen LogP contribution in [0.15, 0.2) is 18.2 Å². The minimum absolute atomic E-state index is 0.0762. The van der Waals surface area contributed by atoms with Crippen LogP contribution in [0.2, 0.25) is 0 Å². The van der Waals surface area contributed by atoms with E-state index < -0.39 is 23.5 Å². The number of urea groups is 1. The molecule has 8 heteroatoms. The Morgan fingerprint density at radius 1 is 1.33 bits per heavy atom. The summed E-state index contributed by atoms with van der Waals surface area (Å²) in [5.41, 5.74) is 0.402. The van der Waals surface area contributed by atoms with E-state index in [2.05, 4.69) is 5.32 Å². The van der Waals surface area contributed by atoms with E-state index in [-0.39, 0.29) is 19.5 Å². The van der Waals surface area contributed by atoms with Crippen LogP contribution in [0.1, 0.15) is 24.8 Å². The number of hydrogen-bond acceptors (Lipinski definition) is 3. The molecule has 1 N–H and O–H groups in total. The normalized spacial score (nSPS) is 22.6.